The molecule has 0 saturated carbocycles. The van der Waals surface area contributed by atoms with E-state index < -0.39 is 10.8 Å². The molecule has 2 rings (SSSR count). The highest BCUT2D eigenvalue weighted by molar-refractivity contribution is 7.85. The van der Waals surface area contributed by atoms with Crippen molar-refractivity contribution in [3.8, 4) is 0 Å². The van der Waals surface area contributed by atoms with E-state index >= 15 is 0 Å². The highest BCUT2D eigenvalue weighted by Gasteiger charge is 2.27. The number of nitrogens with zero attached hydrogens (tertiary/aromatic N) is 1. The summed E-state index contributed by atoms with van der Waals surface area (Å²) in [4.78, 5) is 16.6. The number of carbonyl (C=O) groups excluding carboxylic acids is 1. The largest absolute Gasteiger partial charge is 0.337 e. The van der Waals surface area contributed by atoms with Crippen LogP contribution in [0.5, 0.6) is 0 Å². The van der Waals surface area contributed by atoms with E-state index in [4.69, 9.17) is 5.73 Å². The molecule has 0 radical (unpaired) electrons. The van der Waals surface area contributed by atoms with Crippen molar-refractivity contribution in [1.29, 1.82) is 0 Å². The van der Waals surface area contributed by atoms with Gasteiger partial charge in [0.15, 0.2) is 0 Å². The SMILES string of the molecule is CC.Cc1cc2c(s1)C(=O)N(CCCCN)CCS2=O. The molecule has 1 aromatic rings. The zero-order valence-electron chi connectivity index (χ0n) is 12.5. The number of unbranched alkanes of at least 4 members (excludes halogenated alkanes) is 1. The van der Waals surface area contributed by atoms with E-state index in [0.29, 0.717) is 30.3 Å². The molecule has 1 aromatic heterocycles. The van der Waals surface area contributed by atoms with Gasteiger partial charge < -0.3 is 10.6 Å². The van der Waals surface area contributed by atoms with E-state index in [-0.39, 0.29) is 5.91 Å². The highest BCUT2D eigenvalue weighted by Crippen LogP contribution is 2.28. The van der Waals surface area contributed by atoms with Gasteiger partial charge in [0.05, 0.1) is 15.7 Å². The molecule has 1 atom stereocenters. The van der Waals surface area contributed by atoms with E-state index in [0.717, 1.165) is 22.6 Å². The maximum absolute atomic E-state index is 12.4. The van der Waals surface area contributed by atoms with Gasteiger partial charge in [0.2, 0.25) is 0 Å². The van der Waals surface area contributed by atoms with Crippen LogP contribution in [0.25, 0.3) is 0 Å². The van der Waals surface area contributed by atoms with Crippen LogP contribution in [0.15, 0.2) is 11.0 Å². The number of hydrogen-bond donors (Lipinski definition) is 1. The number of rotatable bonds is 4. The summed E-state index contributed by atoms with van der Waals surface area (Å²) in [7, 11) is -1.04. The van der Waals surface area contributed by atoms with E-state index in [1.807, 2.05) is 31.7 Å². The molecule has 2 heterocycles. The maximum Gasteiger partial charge on any atom is 0.265 e. The molecule has 6 heteroatoms. The summed E-state index contributed by atoms with van der Waals surface area (Å²) < 4.78 is 12.1. The smallest absolute Gasteiger partial charge is 0.265 e. The normalized spacial score (nSPS) is 18.1. The van der Waals surface area contributed by atoms with E-state index in [9.17, 15) is 9.00 Å². The number of thiophene rings is 1. The second kappa shape index (κ2) is 8.54. The van der Waals surface area contributed by atoms with Gasteiger partial charge in [0, 0.05) is 23.7 Å². The van der Waals surface area contributed by atoms with Gasteiger partial charge in [-0.1, -0.05) is 13.8 Å². The Kier molecular flexibility index (Phi) is 7.40. The predicted octanol–water partition coefficient (Wildman–Crippen LogP) is 2.39. The molecule has 0 bridgehead atoms. The molecular formula is C14H24N2O2S2. The lowest BCUT2D eigenvalue weighted by molar-refractivity contribution is 0.0767. The Bertz CT molecular complexity index is 472. The standard InChI is InChI=1S/C12H18N2O2S2.C2H6/c1-9-8-10-11(17-9)12(15)14(5-3-2-4-13)6-7-18(10)16;1-2/h8H,2-7,13H2,1H3;1-2H3. The van der Waals surface area contributed by atoms with Crippen LogP contribution in [0.3, 0.4) is 0 Å². The molecule has 0 fully saturated rings. The average molecular weight is 316 g/mol. The lowest BCUT2D eigenvalue weighted by atomic mass is 10.3. The van der Waals surface area contributed by atoms with Crippen LogP contribution in [0, 0.1) is 6.92 Å². The topological polar surface area (TPSA) is 63.4 Å². The van der Waals surface area contributed by atoms with Crippen molar-refractivity contribution in [2.24, 2.45) is 5.73 Å². The number of hydrogen-bond acceptors (Lipinski definition) is 4. The van der Waals surface area contributed by atoms with Gasteiger partial charge in [-0.05, 0) is 32.4 Å². The molecule has 4 nitrogen and oxygen atoms in total. The molecule has 1 unspecified atom stereocenters. The fraction of sp³-hybridized carbons (Fsp3) is 0.643. The third-order valence-electron chi connectivity index (χ3n) is 2.98. The summed E-state index contributed by atoms with van der Waals surface area (Å²) in [6.07, 6.45) is 1.83. The molecule has 0 aromatic carbocycles. The minimum absolute atomic E-state index is 0.0333. The van der Waals surface area contributed by atoms with Crippen molar-refractivity contribution in [2.75, 3.05) is 25.4 Å². The van der Waals surface area contributed by atoms with E-state index in [1.165, 1.54) is 11.3 Å². The molecule has 2 N–H and O–H groups in total. The van der Waals surface area contributed by atoms with Crippen LogP contribution in [-0.2, 0) is 10.8 Å². The van der Waals surface area contributed by atoms with Crippen LogP contribution >= 0.6 is 11.3 Å². The first kappa shape index (κ1) is 17.3. The molecular weight excluding hydrogens is 292 g/mol. The Morgan fingerprint density at radius 3 is 2.75 bits per heavy atom. The van der Waals surface area contributed by atoms with Gasteiger partial charge in [-0.15, -0.1) is 11.3 Å². The summed E-state index contributed by atoms with van der Waals surface area (Å²) in [5.74, 6) is 0.573. The number of amides is 1. The van der Waals surface area contributed by atoms with Crippen LogP contribution in [-0.4, -0.2) is 40.4 Å². The lowest BCUT2D eigenvalue weighted by Gasteiger charge is -2.19. The van der Waals surface area contributed by atoms with Crippen molar-refractivity contribution < 1.29 is 9.00 Å². The van der Waals surface area contributed by atoms with Gasteiger partial charge >= 0.3 is 0 Å². The van der Waals surface area contributed by atoms with Crippen molar-refractivity contribution in [3.63, 3.8) is 0 Å². The van der Waals surface area contributed by atoms with Crippen LogP contribution in [0.2, 0.25) is 0 Å². The molecule has 114 valence electrons. The van der Waals surface area contributed by atoms with Gasteiger partial charge in [0.25, 0.3) is 5.91 Å². The fourth-order valence-electron chi connectivity index (χ4n) is 2.02. The van der Waals surface area contributed by atoms with Crippen molar-refractivity contribution in [3.05, 3.63) is 15.8 Å². The van der Waals surface area contributed by atoms with E-state index in [2.05, 4.69) is 0 Å². The number of fused-ring (bicyclic) bond motifs is 1. The number of nitrogens with two attached hydrogens (primary N) is 1. The first-order valence-electron chi connectivity index (χ1n) is 7.11. The highest BCUT2D eigenvalue weighted by atomic mass is 32.2. The summed E-state index contributed by atoms with van der Waals surface area (Å²) in [6, 6.07) is 1.89. The fourth-order valence-corrected chi connectivity index (χ4v) is 4.58. The minimum atomic E-state index is -1.04. The van der Waals surface area contributed by atoms with Crippen molar-refractivity contribution in [1.82, 2.24) is 4.90 Å². The Morgan fingerprint density at radius 1 is 1.40 bits per heavy atom. The number of aryl methyl sites for hydroxylation is 1. The minimum Gasteiger partial charge on any atom is -0.337 e. The summed E-state index contributed by atoms with van der Waals surface area (Å²) in [5, 5.41) is 0. The lowest BCUT2D eigenvalue weighted by Crippen LogP contribution is -2.33. The van der Waals surface area contributed by atoms with Crippen LogP contribution < -0.4 is 5.73 Å². The quantitative estimate of drug-likeness (QED) is 0.868. The predicted molar refractivity (Wildman–Crippen MR) is 85.9 cm³/mol. The third-order valence-corrected chi connectivity index (χ3v) is 5.51. The van der Waals surface area contributed by atoms with Crippen molar-refractivity contribution >= 4 is 28.0 Å². The summed E-state index contributed by atoms with van der Waals surface area (Å²) in [5.41, 5.74) is 5.46. The van der Waals surface area contributed by atoms with Gasteiger partial charge in [-0.3, -0.25) is 9.00 Å². The van der Waals surface area contributed by atoms with Crippen LogP contribution in [0.1, 0.15) is 41.2 Å². The summed E-state index contributed by atoms with van der Waals surface area (Å²) in [6.45, 7) is 7.89. The first-order chi connectivity index (χ1) is 9.63. The summed E-state index contributed by atoms with van der Waals surface area (Å²) >= 11 is 1.45. The third kappa shape index (κ3) is 4.14. The molecule has 0 aliphatic carbocycles. The van der Waals surface area contributed by atoms with Gasteiger partial charge in [-0.25, -0.2) is 0 Å². The second-order valence-electron chi connectivity index (χ2n) is 4.39. The first-order valence-corrected chi connectivity index (χ1v) is 9.25. The Hall–Kier alpha value is -0.720. The maximum atomic E-state index is 12.4. The molecule has 0 saturated heterocycles. The molecule has 1 amide bonds. The Morgan fingerprint density at radius 2 is 2.10 bits per heavy atom. The monoisotopic (exact) mass is 316 g/mol. The van der Waals surface area contributed by atoms with Gasteiger partial charge in [0.1, 0.15) is 4.88 Å². The molecule has 1 aliphatic rings. The molecule has 1 aliphatic heterocycles. The molecule has 20 heavy (non-hydrogen) atoms. The number of carbonyl (C=O) groups is 1. The average Bonchev–Trinajstić information content (AvgIpc) is 2.81. The Labute approximate surface area is 127 Å². The molecule has 0 spiro atoms. The zero-order chi connectivity index (χ0) is 15.1. The Balaban J connectivity index is 0.000000956. The zero-order valence-corrected chi connectivity index (χ0v) is 14.1. The van der Waals surface area contributed by atoms with E-state index in [1.54, 1.807) is 0 Å². The second-order valence-corrected chi connectivity index (χ2v) is 7.18. The van der Waals surface area contributed by atoms with Crippen LogP contribution in [0.4, 0.5) is 0 Å². The van der Waals surface area contributed by atoms with Crippen molar-refractivity contribution in [2.45, 2.75) is 38.5 Å². The van der Waals surface area contributed by atoms with Gasteiger partial charge in [-0.2, -0.15) is 0 Å².